The van der Waals surface area contributed by atoms with Crippen molar-refractivity contribution in [3.05, 3.63) is 64.1 Å². The molecule has 0 bridgehead atoms. The van der Waals surface area contributed by atoms with Gasteiger partial charge in [-0.25, -0.2) is 9.78 Å². The summed E-state index contributed by atoms with van der Waals surface area (Å²) in [5.41, 5.74) is 1.14. The molecule has 1 aromatic heterocycles. The highest BCUT2D eigenvalue weighted by Crippen LogP contribution is 2.28. The van der Waals surface area contributed by atoms with Gasteiger partial charge in [0.05, 0.1) is 33.4 Å². The van der Waals surface area contributed by atoms with Gasteiger partial charge in [0.25, 0.3) is 5.91 Å². The maximum atomic E-state index is 12.7. The molecule has 0 saturated heterocycles. The summed E-state index contributed by atoms with van der Waals surface area (Å²) in [6.07, 6.45) is 0. The van der Waals surface area contributed by atoms with Crippen molar-refractivity contribution in [3.8, 4) is 5.88 Å². The molecule has 1 N–H and O–H groups in total. The molecule has 8 heteroatoms. The Balaban J connectivity index is 1.87. The van der Waals surface area contributed by atoms with Crippen LogP contribution in [-0.2, 0) is 9.53 Å². The molecule has 3 aromatic rings. The van der Waals surface area contributed by atoms with Crippen LogP contribution < -0.4 is 10.1 Å². The first-order chi connectivity index (χ1) is 13.5. The average Bonchev–Trinajstić information content (AvgIpc) is 2.67. The van der Waals surface area contributed by atoms with Gasteiger partial charge < -0.3 is 14.8 Å². The fraction of sp³-hybridized carbons (Fsp3) is 0.150. The highest BCUT2D eigenvalue weighted by atomic mass is 35.5. The fourth-order valence-electron chi connectivity index (χ4n) is 2.55. The molecule has 0 saturated carbocycles. The summed E-state index contributed by atoms with van der Waals surface area (Å²) in [6.45, 7) is 1.73. The number of carbonyl (C=O) groups excluding carboxylic acids is 2. The van der Waals surface area contributed by atoms with Crippen LogP contribution in [0.15, 0.2) is 48.5 Å². The Labute approximate surface area is 171 Å². The van der Waals surface area contributed by atoms with E-state index in [-0.39, 0.29) is 34.7 Å². The van der Waals surface area contributed by atoms with E-state index >= 15 is 0 Å². The third-order valence-corrected chi connectivity index (χ3v) is 4.41. The summed E-state index contributed by atoms with van der Waals surface area (Å²) < 4.78 is 10.2. The van der Waals surface area contributed by atoms with Gasteiger partial charge in [-0.3, -0.25) is 4.79 Å². The van der Waals surface area contributed by atoms with Crippen LogP contribution in [0.4, 0.5) is 5.69 Å². The summed E-state index contributed by atoms with van der Waals surface area (Å²) in [5, 5.41) is 4.06. The zero-order valence-electron chi connectivity index (χ0n) is 14.9. The monoisotopic (exact) mass is 418 g/mol. The van der Waals surface area contributed by atoms with Gasteiger partial charge in [0.2, 0.25) is 5.88 Å². The lowest BCUT2D eigenvalue weighted by atomic mass is 10.1. The van der Waals surface area contributed by atoms with Crippen molar-refractivity contribution in [2.24, 2.45) is 0 Å². The van der Waals surface area contributed by atoms with Gasteiger partial charge in [-0.1, -0.05) is 41.4 Å². The van der Waals surface area contributed by atoms with Gasteiger partial charge in [0.15, 0.2) is 6.61 Å². The third kappa shape index (κ3) is 4.52. The Morgan fingerprint density at radius 2 is 1.75 bits per heavy atom. The Kier molecular flexibility index (Phi) is 6.34. The number of fused-ring (bicyclic) bond motifs is 1. The molecule has 3 rings (SSSR count). The molecule has 0 fully saturated rings. The minimum Gasteiger partial charge on any atom is -0.466 e. The first-order valence-corrected chi connectivity index (χ1v) is 9.18. The quantitative estimate of drug-likeness (QED) is 0.585. The standard InChI is InChI=1S/C20H16Cl2N2O4/c1-2-27-17(25)11-28-16-10-9-12-5-3-8-15(19(12)24-16)23-20(26)18-13(21)6-4-7-14(18)22/h3-10H,2,11H2,1H3,(H,23,26). The Morgan fingerprint density at radius 1 is 1.04 bits per heavy atom. The molecule has 0 aliphatic carbocycles. The van der Waals surface area contributed by atoms with Crippen molar-refractivity contribution in [2.75, 3.05) is 18.5 Å². The van der Waals surface area contributed by atoms with Crippen molar-refractivity contribution < 1.29 is 19.1 Å². The maximum absolute atomic E-state index is 12.7. The lowest BCUT2D eigenvalue weighted by Gasteiger charge is -2.11. The second-order valence-corrected chi connectivity index (χ2v) is 6.49. The van der Waals surface area contributed by atoms with Crippen molar-refractivity contribution in [2.45, 2.75) is 6.92 Å². The molecule has 0 radical (unpaired) electrons. The SMILES string of the molecule is CCOC(=O)COc1ccc2cccc(NC(=O)c3c(Cl)cccc3Cl)c2n1. The van der Waals surface area contributed by atoms with E-state index in [0.717, 1.165) is 5.39 Å². The number of para-hydroxylation sites is 1. The second-order valence-electron chi connectivity index (χ2n) is 5.67. The molecule has 2 aromatic carbocycles. The summed E-state index contributed by atoms with van der Waals surface area (Å²) in [4.78, 5) is 28.5. The molecule has 0 atom stereocenters. The highest BCUT2D eigenvalue weighted by Gasteiger charge is 2.16. The number of halogens is 2. The van der Waals surface area contributed by atoms with E-state index in [9.17, 15) is 9.59 Å². The van der Waals surface area contributed by atoms with E-state index in [4.69, 9.17) is 32.7 Å². The first-order valence-electron chi connectivity index (χ1n) is 8.43. The molecule has 1 amide bonds. The van der Waals surface area contributed by atoms with Gasteiger partial charge in [-0.15, -0.1) is 0 Å². The number of anilines is 1. The number of hydrogen-bond donors (Lipinski definition) is 1. The normalized spacial score (nSPS) is 10.5. The van der Waals surface area contributed by atoms with E-state index < -0.39 is 11.9 Å². The predicted octanol–water partition coefficient (Wildman–Crippen LogP) is 4.74. The van der Waals surface area contributed by atoms with E-state index in [0.29, 0.717) is 11.2 Å². The smallest absolute Gasteiger partial charge is 0.344 e. The number of carbonyl (C=O) groups is 2. The van der Waals surface area contributed by atoms with Crippen molar-refractivity contribution in [3.63, 3.8) is 0 Å². The average molecular weight is 419 g/mol. The zero-order valence-corrected chi connectivity index (χ0v) is 16.4. The van der Waals surface area contributed by atoms with Gasteiger partial charge in [0.1, 0.15) is 0 Å². The number of aromatic nitrogens is 1. The zero-order chi connectivity index (χ0) is 20.1. The highest BCUT2D eigenvalue weighted by molar-refractivity contribution is 6.40. The van der Waals surface area contributed by atoms with Crippen molar-refractivity contribution in [1.82, 2.24) is 4.98 Å². The Morgan fingerprint density at radius 3 is 2.46 bits per heavy atom. The van der Waals surface area contributed by atoms with Gasteiger partial charge >= 0.3 is 5.97 Å². The molecule has 6 nitrogen and oxygen atoms in total. The van der Waals surface area contributed by atoms with E-state index in [2.05, 4.69) is 10.3 Å². The van der Waals surface area contributed by atoms with E-state index in [1.54, 1.807) is 49.4 Å². The van der Waals surface area contributed by atoms with Gasteiger partial charge in [-0.05, 0) is 31.2 Å². The van der Waals surface area contributed by atoms with Crippen LogP contribution >= 0.6 is 23.2 Å². The van der Waals surface area contributed by atoms with Crippen LogP contribution in [0.3, 0.4) is 0 Å². The lowest BCUT2D eigenvalue weighted by molar-refractivity contribution is -0.145. The predicted molar refractivity (Wildman–Crippen MR) is 108 cm³/mol. The number of esters is 1. The molecular weight excluding hydrogens is 403 g/mol. The summed E-state index contributed by atoms with van der Waals surface area (Å²) >= 11 is 12.2. The maximum Gasteiger partial charge on any atom is 0.344 e. The summed E-state index contributed by atoms with van der Waals surface area (Å²) in [5.74, 6) is -0.708. The van der Waals surface area contributed by atoms with Crippen LogP contribution in [-0.4, -0.2) is 30.1 Å². The van der Waals surface area contributed by atoms with Crippen molar-refractivity contribution in [1.29, 1.82) is 0 Å². The molecule has 0 spiro atoms. The third-order valence-electron chi connectivity index (χ3n) is 3.78. The second kappa shape index (κ2) is 8.91. The molecule has 0 unspecified atom stereocenters. The van der Waals surface area contributed by atoms with E-state index in [1.807, 2.05) is 6.07 Å². The van der Waals surface area contributed by atoms with Crippen LogP contribution in [0, 0.1) is 0 Å². The molecule has 144 valence electrons. The van der Waals surface area contributed by atoms with Gasteiger partial charge in [0, 0.05) is 11.5 Å². The number of benzene rings is 2. The molecule has 0 aliphatic rings. The van der Waals surface area contributed by atoms with Crippen LogP contribution in [0.1, 0.15) is 17.3 Å². The molecule has 28 heavy (non-hydrogen) atoms. The molecular formula is C20H16Cl2N2O4. The number of ether oxygens (including phenoxy) is 2. The van der Waals surface area contributed by atoms with Gasteiger partial charge in [-0.2, -0.15) is 0 Å². The van der Waals surface area contributed by atoms with Crippen LogP contribution in [0.25, 0.3) is 10.9 Å². The summed E-state index contributed by atoms with van der Waals surface area (Å²) in [6, 6.07) is 13.6. The molecule has 1 heterocycles. The first kappa shape index (κ1) is 19.9. The molecule has 0 aliphatic heterocycles. The fourth-order valence-corrected chi connectivity index (χ4v) is 3.11. The minimum absolute atomic E-state index is 0.178. The largest absolute Gasteiger partial charge is 0.466 e. The number of hydrogen-bond acceptors (Lipinski definition) is 5. The van der Waals surface area contributed by atoms with Crippen LogP contribution in [0.2, 0.25) is 10.0 Å². The minimum atomic E-state index is -0.487. The number of pyridine rings is 1. The van der Waals surface area contributed by atoms with Crippen molar-refractivity contribution >= 4 is 51.7 Å². The Bertz CT molecular complexity index is 1020. The van der Waals surface area contributed by atoms with E-state index in [1.165, 1.54) is 0 Å². The number of amides is 1. The number of nitrogens with one attached hydrogen (secondary N) is 1. The number of rotatable bonds is 6. The topological polar surface area (TPSA) is 77.5 Å². The lowest BCUT2D eigenvalue weighted by Crippen LogP contribution is -2.15. The Hall–Kier alpha value is -2.83. The summed E-state index contributed by atoms with van der Waals surface area (Å²) in [7, 11) is 0. The number of nitrogens with zero attached hydrogens (tertiary/aromatic N) is 1. The van der Waals surface area contributed by atoms with Crippen LogP contribution in [0.5, 0.6) is 5.88 Å².